The van der Waals surface area contributed by atoms with Gasteiger partial charge >= 0.3 is 0 Å². The van der Waals surface area contributed by atoms with Gasteiger partial charge in [0.1, 0.15) is 21.5 Å². The summed E-state index contributed by atoms with van der Waals surface area (Å²) < 4.78 is 38.1. The Labute approximate surface area is 164 Å². The van der Waals surface area contributed by atoms with Crippen molar-refractivity contribution in [3.05, 3.63) is 47.2 Å². The lowest BCUT2D eigenvalue weighted by molar-refractivity contribution is 0.181. The summed E-state index contributed by atoms with van der Waals surface area (Å²) >= 11 is 5.93. The van der Waals surface area contributed by atoms with E-state index in [1.165, 1.54) is 24.6 Å². The predicted octanol–water partition coefficient (Wildman–Crippen LogP) is 2.26. The van der Waals surface area contributed by atoms with E-state index in [2.05, 4.69) is 9.88 Å². The summed E-state index contributed by atoms with van der Waals surface area (Å²) in [6.45, 7) is 2.78. The first-order chi connectivity index (χ1) is 12.9. The Morgan fingerprint density at radius 3 is 2.44 bits per heavy atom. The molecule has 0 aliphatic carbocycles. The van der Waals surface area contributed by atoms with Crippen molar-refractivity contribution in [2.45, 2.75) is 11.4 Å². The average molecular weight is 412 g/mol. The molecule has 1 fully saturated rings. The number of pyridine rings is 1. The number of sulfonamides is 1. The molecule has 2 aromatic rings. The molecule has 0 bridgehead atoms. The highest BCUT2D eigenvalue weighted by molar-refractivity contribution is 7.89. The van der Waals surface area contributed by atoms with Crippen molar-refractivity contribution in [2.75, 3.05) is 40.4 Å². The molecule has 1 aromatic carbocycles. The fourth-order valence-electron chi connectivity index (χ4n) is 3.05. The number of ether oxygens (including phenoxy) is 2. The zero-order valence-corrected chi connectivity index (χ0v) is 16.8. The van der Waals surface area contributed by atoms with Crippen LogP contribution in [0.1, 0.15) is 5.56 Å². The number of nitrogens with zero attached hydrogens (tertiary/aromatic N) is 3. The van der Waals surface area contributed by atoms with Gasteiger partial charge in [-0.05, 0) is 29.8 Å². The minimum absolute atomic E-state index is 0.124. The van der Waals surface area contributed by atoms with Crippen LogP contribution in [-0.2, 0) is 16.6 Å². The second-order valence-corrected chi connectivity index (χ2v) is 8.48. The third kappa shape index (κ3) is 4.52. The highest BCUT2D eigenvalue weighted by atomic mass is 35.5. The van der Waals surface area contributed by atoms with E-state index in [1.54, 1.807) is 18.3 Å². The number of hydrogen-bond donors (Lipinski definition) is 0. The summed E-state index contributed by atoms with van der Waals surface area (Å²) in [4.78, 5) is 6.30. The number of halogens is 1. The smallest absolute Gasteiger partial charge is 0.246 e. The number of hydrogen-bond acceptors (Lipinski definition) is 6. The summed E-state index contributed by atoms with van der Waals surface area (Å²) in [6, 6.07) is 8.52. The molecular weight excluding hydrogens is 390 g/mol. The van der Waals surface area contributed by atoms with Gasteiger partial charge in [-0.2, -0.15) is 4.31 Å². The Bertz CT molecular complexity index is 899. The highest BCUT2D eigenvalue weighted by Gasteiger charge is 2.31. The lowest BCUT2D eigenvalue weighted by atomic mass is 10.2. The van der Waals surface area contributed by atoms with Crippen LogP contribution >= 0.6 is 11.6 Å². The van der Waals surface area contributed by atoms with Crippen molar-refractivity contribution < 1.29 is 17.9 Å². The van der Waals surface area contributed by atoms with E-state index in [4.69, 9.17) is 21.1 Å². The molecule has 27 heavy (non-hydrogen) atoms. The molecule has 0 N–H and O–H groups in total. The zero-order valence-electron chi connectivity index (χ0n) is 15.3. The summed E-state index contributed by atoms with van der Waals surface area (Å²) in [7, 11) is -0.711. The van der Waals surface area contributed by atoms with Crippen LogP contribution in [0, 0.1) is 0 Å². The molecule has 1 aliphatic heterocycles. The SMILES string of the molecule is COc1ccc(OC)c(S(=O)(=O)N2CCN(Cc3ccnc(Cl)c3)CC2)c1. The summed E-state index contributed by atoms with van der Waals surface area (Å²) in [6.07, 6.45) is 1.67. The molecule has 2 heterocycles. The van der Waals surface area contributed by atoms with Crippen LogP contribution < -0.4 is 9.47 Å². The average Bonchev–Trinajstić information content (AvgIpc) is 2.68. The quantitative estimate of drug-likeness (QED) is 0.679. The van der Waals surface area contributed by atoms with Crippen LogP contribution in [0.25, 0.3) is 0 Å². The maximum absolute atomic E-state index is 13.1. The topological polar surface area (TPSA) is 72.0 Å². The van der Waals surface area contributed by atoms with E-state index >= 15 is 0 Å². The largest absolute Gasteiger partial charge is 0.497 e. The monoisotopic (exact) mass is 411 g/mol. The molecule has 0 saturated carbocycles. The second kappa shape index (κ2) is 8.43. The normalized spacial score (nSPS) is 16.3. The molecule has 1 aliphatic rings. The first-order valence-electron chi connectivity index (χ1n) is 8.49. The fourth-order valence-corrected chi connectivity index (χ4v) is 4.84. The van der Waals surface area contributed by atoms with Crippen LogP contribution in [0.3, 0.4) is 0 Å². The molecule has 146 valence electrons. The van der Waals surface area contributed by atoms with Gasteiger partial charge in [-0.3, -0.25) is 4.90 Å². The predicted molar refractivity (Wildman–Crippen MR) is 103 cm³/mol. The Hall–Kier alpha value is -1.87. The molecule has 0 atom stereocenters. The molecule has 1 saturated heterocycles. The van der Waals surface area contributed by atoms with Crippen molar-refractivity contribution in [3.63, 3.8) is 0 Å². The first-order valence-corrected chi connectivity index (χ1v) is 10.3. The Morgan fingerprint density at radius 2 is 1.81 bits per heavy atom. The van der Waals surface area contributed by atoms with E-state index in [1.807, 2.05) is 12.1 Å². The molecule has 7 nitrogen and oxygen atoms in total. The molecule has 0 radical (unpaired) electrons. The molecule has 3 rings (SSSR count). The number of methoxy groups -OCH3 is 2. The molecule has 0 unspecified atom stereocenters. The third-order valence-electron chi connectivity index (χ3n) is 4.52. The van der Waals surface area contributed by atoms with Crippen molar-refractivity contribution in [2.24, 2.45) is 0 Å². The minimum Gasteiger partial charge on any atom is -0.497 e. The van der Waals surface area contributed by atoms with Crippen molar-refractivity contribution in [1.29, 1.82) is 0 Å². The van der Waals surface area contributed by atoms with Gasteiger partial charge in [0.15, 0.2) is 0 Å². The number of rotatable bonds is 6. The molecule has 0 amide bonds. The molecule has 9 heteroatoms. The van der Waals surface area contributed by atoms with Gasteiger partial charge in [-0.15, -0.1) is 0 Å². The Balaban J connectivity index is 1.71. The standard InChI is InChI=1S/C18H22ClN3O4S/c1-25-15-3-4-16(26-2)17(12-15)27(23,24)22-9-7-21(8-10-22)13-14-5-6-20-18(19)11-14/h3-6,11-12H,7-10,13H2,1-2H3. The fraction of sp³-hybridized carbons (Fsp3) is 0.389. The molecule has 1 aromatic heterocycles. The zero-order chi connectivity index (χ0) is 19.4. The van der Waals surface area contributed by atoms with Gasteiger partial charge in [-0.25, -0.2) is 13.4 Å². The number of piperazine rings is 1. The van der Waals surface area contributed by atoms with E-state index < -0.39 is 10.0 Å². The van der Waals surface area contributed by atoms with Gasteiger partial charge in [0.2, 0.25) is 10.0 Å². The number of benzene rings is 1. The van der Waals surface area contributed by atoms with E-state index in [0.29, 0.717) is 49.4 Å². The lowest BCUT2D eigenvalue weighted by Gasteiger charge is -2.34. The lowest BCUT2D eigenvalue weighted by Crippen LogP contribution is -2.48. The van der Waals surface area contributed by atoms with Crippen molar-refractivity contribution in [1.82, 2.24) is 14.2 Å². The van der Waals surface area contributed by atoms with E-state index in [0.717, 1.165) is 5.56 Å². The molecular formula is C18H22ClN3O4S. The molecule has 0 spiro atoms. The third-order valence-corrected chi connectivity index (χ3v) is 6.64. The Morgan fingerprint density at radius 1 is 1.07 bits per heavy atom. The number of aromatic nitrogens is 1. The van der Waals surface area contributed by atoms with Crippen LogP contribution in [0.2, 0.25) is 5.15 Å². The minimum atomic E-state index is -3.67. The van der Waals surface area contributed by atoms with Crippen LogP contribution in [0.15, 0.2) is 41.4 Å². The highest BCUT2D eigenvalue weighted by Crippen LogP contribution is 2.31. The summed E-state index contributed by atoms with van der Waals surface area (Å²) in [5.41, 5.74) is 1.06. The maximum atomic E-state index is 13.1. The van der Waals surface area contributed by atoms with Gasteiger partial charge in [0.25, 0.3) is 0 Å². The maximum Gasteiger partial charge on any atom is 0.246 e. The second-order valence-electron chi connectivity index (χ2n) is 6.18. The van der Waals surface area contributed by atoms with Crippen LogP contribution in [0.4, 0.5) is 0 Å². The van der Waals surface area contributed by atoms with Crippen LogP contribution in [-0.4, -0.2) is 63.0 Å². The summed E-state index contributed by atoms with van der Waals surface area (Å²) in [5, 5.41) is 0.457. The van der Waals surface area contributed by atoms with Crippen molar-refractivity contribution in [3.8, 4) is 11.5 Å². The van der Waals surface area contributed by atoms with Gasteiger partial charge in [-0.1, -0.05) is 11.6 Å². The van der Waals surface area contributed by atoms with Gasteiger partial charge < -0.3 is 9.47 Å². The van der Waals surface area contributed by atoms with E-state index in [9.17, 15) is 8.42 Å². The van der Waals surface area contributed by atoms with Gasteiger partial charge in [0, 0.05) is 45.0 Å². The summed E-state index contributed by atoms with van der Waals surface area (Å²) in [5.74, 6) is 0.784. The Kier molecular flexibility index (Phi) is 6.21. The van der Waals surface area contributed by atoms with Crippen LogP contribution in [0.5, 0.6) is 11.5 Å². The van der Waals surface area contributed by atoms with Crippen molar-refractivity contribution >= 4 is 21.6 Å². The van der Waals surface area contributed by atoms with E-state index in [-0.39, 0.29) is 4.90 Å². The van der Waals surface area contributed by atoms with Gasteiger partial charge in [0.05, 0.1) is 14.2 Å². The first kappa shape index (κ1) is 19.9.